The normalized spacial score (nSPS) is 19.7. The second-order valence-electron chi connectivity index (χ2n) is 11.1. The minimum Gasteiger partial charge on any atom is -0.444 e. The van der Waals surface area contributed by atoms with Crippen LogP contribution < -0.4 is 16.0 Å². The number of nitrogens with zero attached hydrogens (tertiary/aromatic N) is 1. The molecular weight excluding hydrogens is 492 g/mol. The zero-order chi connectivity index (χ0) is 27.2. The summed E-state index contributed by atoms with van der Waals surface area (Å²) in [7, 11) is 0.619. The summed E-state index contributed by atoms with van der Waals surface area (Å²) in [6.45, 7) is 6.95. The molecule has 2 aliphatic rings. The first kappa shape index (κ1) is 29.1. The highest BCUT2D eigenvalue weighted by molar-refractivity contribution is 7.81. The standard InChI is InChI=1S/C27H42N4O5S/c1-27(2,3)36-26(34)30-23(21-7-6-8-21)25(33)29-22(24(32)28-4)17-18-9-11-19(12-10-18)20-13-15-31(16-14-20)37(5)35/h9-12,20-23H,6-8,13-17H2,1-5H3,(H,28,32)(H,29,33)(H,30,34)/t22?,23-,37?/m0/s1. The van der Waals surface area contributed by atoms with Crippen LogP contribution in [0.3, 0.4) is 0 Å². The van der Waals surface area contributed by atoms with Crippen LogP contribution in [0.25, 0.3) is 0 Å². The van der Waals surface area contributed by atoms with Crippen LogP contribution >= 0.6 is 0 Å². The molecule has 1 saturated carbocycles. The summed E-state index contributed by atoms with van der Waals surface area (Å²) in [5.74, 6) is -0.220. The maximum absolute atomic E-state index is 13.2. The van der Waals surface area contributed by atoms with E-state index in [-0.39, 0.29) is 17.7 Å². The number of likely N-dealkylation sites (N-methyl/N-ethyl adjacent to an activating group) is 1. The lowest BCUT2D eigenvalue weighted by atomic mass is 9.79. The van der Waals surface area contributed by atoms with Crippen LogP contribution in [0.15, 0.2) is 24.3 Å². The average molecular weight is 535 g/mol. The monoisotopic (exact) mass is 534 g/mol. The van der Waals surface area contributed by atoms with E-state index < -0.39 is 34.8 Å². The first-order chi connectivity index (χ1) is 17.5. The maximum Gasteiger partial charge on any atom is 0.408 e. The number of hydrogen-bond donors (Lipinski definition) is 3. The Labute approximate surface area is 223 Å². The molecule has 1 aliphatic carbocycles. The second kappa shape index (κ2) is 12.9. The van der Waals surface area contributed by atoms with E-state index in [2.05, 4.69) is 28.1 Å². The van der Waals surface area contributed by atoms with Gasteiger partial charge in [0.1, 0.15) is 17.7 Å². The molecule has 206 valence electrons. The van der Waals surface area contributed by atoms with Crippen molar-refractivity contribution in [1.29, 1.82) is 0 Å². The molecule has 3 atom stereocenters. The van der Waals surface area contributed by atoms with Crippen molar-refractivity contribution in [3.8, 4) is 0 Å². The zero-order valence-electron chi connectivity index (χ0n) is 22.7. The first-order valence-corrected chi connectivity index (χ1v) is 14.7. The van der Waals surface area contributed by atoms with Crippen molar-refractivity contribution in [2.24, 2.45) is 5.92 Å². The molecular formula is C27H42N4O5S. The lowest BCUT2D eigenvalue weighted by Crippen LogP contribution is -2.57. The summed E-state index contributed by atoms with van der Waals surface area (Å²) in [5.41, 5.74) is 1.50. The van der Waals surface area contributed by atoms with Crippen LogP contribution in [-0.2, 0) is 31.7 Å². The van der Waals surface area contributed by atoms with E-state index in [0.717, 1.165) is 50.8 Å². The number of ether oxygens (including phenoxy) is 1. The third-order valence-corrected chi connectivity index (χ3v) is 8.26. The number of carbonyl (C=O) groups excluding carboxylic acids is 3. The summed E-state index contributed by atoms with van der Waals surface area (Å²) >= 11 is 0. The highest BCUT2D eigenvalue weighted by Gasteiger charge is 2.36. The van der Waals surface area contributed by atoms with Crippen LogP contribution in [0, 0.1) is 5.92 Å². The van der Waals surface area contributed by atoms with Crippen molar-refractivity contribution in [2.75, 3.05) is 26.4 Å². The van der Waals surface area contributed by atoms with Gasteiger partial charge in [0.05, 0.1) is 11.0 Å². The van der Waals surface area contributed by atoms with E-state index in [1.807, 2.05) is 16.4 Å². The Morgan fingerprint density at radius 1 is 1.03 bits per heavy atom. The molecule has 3 N–H and O–H groups in total. The SMILES string of the molecule is CNC(=O)C(Cc1ccc(C2CCN(S(C)=O)CC2)cc1)NC(=O)[C@@H](NC(=O)OC(C)(C)C)C1CCC1. The lowest BCUT2D eigenvalue weighted by molar-refractivity contribution is -0.131. The Bertz CT molecular complexity index is 966. The Morgan fingerprint density at radius 2 is 1.65 bits per heavy atom. The van der Waals surface area contributed by atoms with Crippen molar-refractivity contribution in [3.05, 3.63) is 35.4 Å². The number of benzene rings is 1. The van der Waals surface area contributed by atoms with Crippen molar-refractivity contribution in [2.45, 2.75) is 82.9 Å². The van der Waals surface area contributed by atoms with E-state index in [0.29, 0.717) is 12.3 Å². The molecule has 1 aliphatic heterocycles. The maximum atomic E-state index is 13.2. The first-order valence-electron chi connectivity index (χ1n) is 13.2. The van der Waals surface area contributed by atoms with Crippen molar-refractivity contribution < 1.29 is 23.3 Å². The van der Waals surface area contributed by atoms with E-state index in [1.165, 1.54) is 5.56 Å². The summed E-state index contributed by atoms with van der Waals surface area (Å²) < 4.78 is 19.1. The Morgan fingerprint density at radius 3 is 2.14 bits per heavy atom. The van der Waals surface area contributed by atoms with Gasteiger partial charge in [0.25, 0.3) is 0 Å². The van der Waals surface area contributed by atoms with Gasteiger partial charge in [-0.3, -0.25) is 9.59 Å². The van der Waals surface area contributed by atoms with Crippen LogP contribution in [0.2, 0.25) is 0 Å². The van der Waals surface area contributed by atoms with E-state index in [4.69, 9.17) is 4.74 Å². The van der Waals surface area contributed by atoms with Gasteiger partial charge in [-0.25, -0.2) is 13.3 Å². The molecule has 0 spiro atoms. The molecule has 37 heavy (non-hydrogen) atoms. The van der Waals surface area contributed by atoms with Gasteiger partial charge >= 0.3 is 6.09 Å². The Balaban J connectivity index is 1.64. The summed E-state index contributed by atoms with van der Waals surface area (Å²) in [6.07, 6.45) is 6.03. The third kappa shape index (κ3) is 8.53. The minimum atomic E-state index is -0.925. The molecule has 2 unspecified atom stereocenters. The zero-order valence-corrected chi connectivity index (χ0v) is 23.5. The Kier molecular flexibility index (Phi) is 10.1. The number of amides is 3. The molecule has 0 bridgehead atoms. The molecule has 1 saturated heterocycles. The molecule has 3 rings (SSSR count). The molecule has 1 aromatic rings. The van der Waals surface area contributed by atoms with Crippen LogP contribution in [0.1, 0.15) is 69.9 Å². The molecule has 0 aromatic heterocycles. The molecule has 10 heteroatoms. The number of alkyl carbamates (subject to hydrolysis) is 1. The molecule has 1 aromatic carbocycles. The van der Waals surface area contributed by atoms with Crippen LogP contribution in [-0.4, -0.2) is 70.5 Å². The largest absolute Gasteiger partial charge is 0.444 e. The summed E-state index contributed by atoms with van der Waals surface area (Å²) in [4.78, 5) is 38.3. The molecule has 3 amide bonds. The number of rotatable bonds is 9. The van der Waals surface area contributed by atoms with Gasteiger partial charge in [-0.05, 0) is 69.4 Å². The fraction of sp³-hybridized carbons (Fsp3) is 0.667. The Hall–Kier alpha value is -2.46. The van der Waals surface area contributed by atoms with Gasteiger partial charge < -0.3 is 20.7 Å². The van der Waals surface area contributed by atoms with Gasteiger partial charge in [-0.1, -0.05) is 30.7 Å². The van der Waals surface area contributed by atoms with Gasteiger partial charge in [0, 0.05) is 32.8 Å². The molecule has 1 heterocycles. The summed E-state index contributed by atoms with van der Waals surface area (Å²) in [5, 5.41) is 8.24. The molecule has 9 nitrogen and oxygen atoms in total. The van der Waals surface area contributed by atoms with E-state index in [1.54, 1.807) is 34.1 Å². The number of piperidine rings is 1. The second-order valence-corrected chi connectivity index (χ2v) is 12.4. The highest BCUT2D eigenvalue weighted by Crippen LogP contribution is 2.31. The predicted molar refractivity (Wildman–Crippen MR) is 144 cm³/mol. The fourth-order valence-electron chi connectivity index (χ4n) is 4.86. The summed E-state index contributed by atoms with van der Waals surface area (Å²) in [6, 6.07) is 6.66. The lowest BCUT2D eigenvalue weighted by Gasteiger charge is -2.34. The van der Waals surface area contributed by atoms with Gasteiger partial charge in [-0.15, -0.1) is 0 Å². The number of hydrogen-bond acceptors (Lipinski definition) is 5. The van der Waals surface area contributed by atoms with Gasteiger partial charge in [-0.2, -0.15) is 0 Å². The molecule has 2 fully saturated rings. The number of nitrogens with one attached hydrogen (secondary N) is 3. The smallest absolute Gasteiger partial charge is 0.408 e. The van der Waals surface area contributed by atoms with E-state index >= 15 is 0 Å². The minimum absolute atomic E-state index is 0.0219. The fourth-order valence-corrected chi connectivity index (χ4v) is 5.58. The average Bonchev–Trinajstić information content (AvgIpc) is 2.81. The van der Waals surface area contributed by atoms with Crippen molar-refractivity contribution in [3.63, 3.8) is 0 Å². The third-order valence-electron chi connectivity index (χ3n) is 7.16. The van der Waals surface area contributed by atoms with Gasteiger partial charge in [0.15, 0.2) is 0 Å². The van der Waals surface area contributed by atoms with Crippen molar-refractivity contribution >= 4 is 28.9 Å². The van der Waals surface area contributed by atoms with Crippen molar-refractivity contribution in [1.82, 2.24) is 20.3 Å². The number of carbonyl (C=O) groups is 3. The predicted octanol–water partition coefficient (Wildman–Crippen LogP) is 2.63. The van der Waals surface area contributed by atoms with Crippen LogP contribution in [0.4, 0.5) is 4.79 Å². The van der Waals surface area contributed by atoms with E-state index in [9.17, 15) is 18.6 Å². The molecule has 0 radical (unpaired) electrons. The topological polar surface area (TPSA) is 117 Å². The quantitative estimate of drug-likeness (QED) is 0.450. The van der Waals surface area contributed by atoms with Crippen LogP contribution in [0.5, 0.6) is 0 Å². The highest BCUT2D eigenvalue weighted by atomic mass is 32.2. The van der Waals surface area contributed by atoms with Gasteiger partial charge in [0.2, 0.25) is 11.8 Å².